The van der Waals surface area contributed by atoms with E-state index in [0.717, 1.165) is 0 Å². The van der Waals surface area contributed by atoms with Crippen LogP contribution in [-0.2, 0) is 21.7 Å². The van der Waals surface area contributed by atoms with Gasteiger partial charge in [0.2, 0.25) is 0 Å². The summed E-state index contributed by atoms with van der Waals surface area (Å²) in [7, 11) is 0. The van der Waals surface area contributed by atoms with Crippen LogP contribution < -0.4 is 0 Å². The first-order valence-corrected chi connectivity index (χ1v) is 1.02. The summed E-state index contributed by atoms with van der Waals surface area (Å²) in [5, 5.41) is 7.57. The molecule has 1 N–H and O–H groups in total. The SMILES string of the molecule is CCO.[Ti+4]. The van der Waals surface area contributed by atoms with E-state index in [1.54, 1.807) is 6.92 Å². The zero-order valence-corrected chi connectivity index (χ0v) is 4.22. The topological polar surface area (TPSA) is 20.2 Å². The molecule has 0 aromatic carbocycles. The predicted octanol–water partition coefficient (Wildman–Crippen LogP) is -0.00390. The molecule has 0 heterocycles. The molecule has 0 aliphatic rings. The summed E-state index contributed by atoms with van der Waals surface area (Å²) in [6.07, 6.45) is 0. The molecule has 20 valence electrons. The van der Waals surface area contributed by atoms with Gasteiger partial charge in [-0.1, -0.05) is 0 Å². The molecule has 0 spiro atoms. The van der Waals surface area contributed by atoms with Crippen molar-refractivity contribution in [2.75, 3.05) is 6.61 Å². The second-order valence-electron chi connectivity index (χ2n) is 0.316. The van der Waals surface area contributed by atoms with Crippen molar-refractivity contribution in [2.45, 2.75) is 6.92 Å². The van der Waals surface area contributed by atoms with Crippen LogP contribution >= 0.6 is 0 Å². The van der Waals surface area contributed by atoms with Gasteiger partial charge in [0.15, 0.2) is 0 Å². The van der Waals surface area contributed by atoms with Gasteiger partial charge in [-0.15, -0.1) is 0 Å². The van der Waals surface area contributed by atoms with Crippen LogP contribution in [0.3, 0.4) is 0 Å². The largest absolute Gasteiger partial charge is 4.00 e. The second-order valence-corrected chi connectivity index (χ2v) is 0.316. The van der Waals surface area contributed by atoms with Crippen molar-refractivity contribution in [3.63, 3.8) is 0 Å². The molecule has 0 aliphatic carbocycles. The summed E-state index contributed by atoms with van der Waals surface area (Å²) in [5.74, 6) is 0. The molecule has 0 unspecified atom stereocenters. The predicted molar refractivity (Wildman–Crippen MR) is 12.8 cm³/mol. The minimum absolute atomic E-state index is 0. The molecule has 0 amide bonds. The van der Waals surface area contributed by atoms with E-state index in [9.17, 15) is 0 Å². The summed E-state index contributed by atoms with van der Waals surface area (Å²) < 4.78 is 0. The Morgan fingerprint density at radius 1 is 1.75 bits per heavy atom. The first-order valence-electron chi connectivity index (χ1n) is 1.02. The molecule has 1 nitrogen and oxygen atoms in total. The van der Waals surface area contributed by atoms with Crippen LogP contribution in [0.1, 0.15) is 6.92 Å². The van der Waals surface area contributed by atoms with E-state index in [-0.39, 0.29) is 28.3 Å². The third kappa shape index (κ3) is 16.5. The van der Waals surface area contributed by atoms with Gasteiger partial charge in [0, 0.05) is 6.61 Å². The van der Waals surface area contributed by atoms with Gasteiger partial charge in [-0.2, -0.15) is 0 Å². The molecule has 0 saturated heterocycles. The van der Waals surface area contributed by atoms with E-state index in [2.05, 4.69) is 0 Å². The Labute approximate surface area is 40.9 Å². The molecule has 0 aromatic heterocycles. The average molecular weight is 93.9 g/mol. The van der Waals surface area contributed by atoms with E-state index in [4.69, 9.17) is 5.11 Å². The Morgan fingerprint density at radius 2 is 1.75 bits per heavy atom. The molecule has 4 heavy (non-hydrogen) atoms. The van der Waals surface area contributed by atoms with Crippen LogP contribution in [0.5, 0.6) is 0 Å². The fourth-order valence-corrected chi connectivity index (χ4v) is 0. The molecule has 0 fully saturated rings. The summed E-state index contributed by atoms with van der Waals surface area (Å²) in [6, 6.07) is 0. The number of hydrogen-bond donors (Lipinski definition) is 1. The summed E-state index contributed by atoms with van der Waals surface area (Å²) in [6.45, 7) is 1.93. The maximum atomic E-state index is 7.57. The van der Waals surface area contributed by atoms with Gasteiger partial charge in [-0.05, 0) is 6.92 Å². The standard InChI is InChI=1S/C2H6O.Ti/c1-2-3;/h3H,2H2,1H3;/q;+4. The first-order chi connectivity index (χ1) is 1.41. The van der Waals surface area contributed by atoms with Gasteiger partial charge in [0.05, 0.1) is 0 Å². The van der Waals surface area contributed by atoms with E-state index in [1.807, 2.05) is 0 Å². The number of hydrogen-bond acceptors (Lipinski definition) is 1. The van der Waals surface area contributed by atoms with Gasteiger partial charge in [0.1, 0.15) is 0 Å². The molecule has 0 saturated carbocycles. The minimum Gasteiger partial charge on any atom is -0.397 e. The van der Waals surface area contributed by atoms with Crippen molar-refractivity contribution in [1.82, 2.24) is 0 Å². The Kier molecular flexibility index (Phi) is 20.7. The van der Waals surface area contributed by atoms with Gasteiger partial charge in [0.25, 0.3) is 0 Å². The fraction of sp³-hybridized carbons (Fsp3) is 1.00. The van der Waals surface area contributed by atoms with Crippen LogP contribution in [0.4, 0.5) is 0 Å². The monoisotopic (exact) mass is 94.0 g/mol. The Morgan fingerprint density at radius 3 is 1.75 bits per heavy atom. The van der Waals surface area contributed by atoms with Crippen LogP contribution in [0, 0.1) is 0 Å². The van der Waals surface area contributed by atoms with E-state index in [1.165, 1.54) is 0 Å². The number of aliphatic hydroxyl groups is 1. The first kappa shape index (κ1) is 8.82. The normalized spacial score (nSPS) is 4.50. The van der Waals surface area contributed by atoms with Crippen LogP contribution in [0.25, 0.3) is 0 Å². The Balaban J connectivity index is 0. The summed E-state index contributed by atoms with van der Waals surface area (Å²) in [5.41, 5.74) is 0. The van der Waals surface area contributed by atoms with Gasteiger partial charge in [-0.3, -0.25) is 0 Å². The van der Waals surface area contributed by atoms with Gasteiger partial charge >= 0.3 is 21.7 Å². The zero-order valence-electron chi connectivity index (χ0n) is 2.65. The third-order valence-electron chi connectivity index (χ3n) is 0. The molecular weight excluding hydrogens is 87.9 g/mol. The van der Waals surface area contributed by atoms with Crippen molar-refractivity contribution in [1.29, 1.82) is 0 Å². The third-order valence-corrected chi connectivity index (χ3v) is 0. The van der Waals surface area contributed by atoms with Gasteiger partial charge < -0.3 is 5.11 Å². The Bertz CT molecular complexity index is 6.00. The number of aliphatic hydroxyl groups excluding tert-OH is 1. The molecule has 0 aromatic rings. The van der Waals surface area contributed by atoms with Crippen LogP contribution in [0.2, 0.25) is 0 Å². The maximum Gasteiger partial charge on any atom is 4.00 e. The molecule has 0 radical (unpaired) electrons. The average Bonchev–Trinajstić information content (AvgIpc) is 0.918. The molecule has 2 heteroatoms. The molecule has 0 atom stereocenters. The maximum absolute atomic E-state index is 7.57. The quantitative estimate of drug-likeness (QED) is 0.418. The van der Waals surface area contributed by atoms with Crippen molar-refractivity contribution in [3.05, 3.63) is 0 Å². The van der Waals surface area contributed by atoms with Crippen LogP contribution in [0.15, 0.2) is 0 Å². The van der Waals surface area contributed by atoms with Gasteiger partial charge in [-0.25, -0.2) is 0 Å². The number of rotatable bonds is 0. The van der Waals surface area contributed by atoms with Crippen LogP contribution in [-0.4, -0.2) is 11.7 Å². The fourth-order valence-electron chi connectivity index (χ4n) is 0. The van der Waals surface area contributed by atoms with Crippen molar-refractivity contribution >= 4 is 0 Å². The summed E-state index contributed by atoms with van der Waals surface area (Å²) in [4.78, 5) is 0. The van der Waals surface area contributed by atoms with Crippen molar-refractivity contribution < 1.29 is 26.8 Å². The van der Waals surface area contributed by atoms with Crippen molar-refractivity contribution in [3.8, 4) is 0 Å². The minimum atomic E-state index is 0. The molecule has 0 bridgehead atoms. The molecular formula is C2H6OTi+4. The Hall–Kier alpha value is 0.674. The van der Waals surface area contributed by atoms with E-state index < -0.39 is 0 Å². The zero-order chi connectivity index (χ0) is 2.71. The van der Waals surface area contributed by atoms with E-state index in [0.29, 0.717) is 0 Å². The summed E-state index contributed by atoms with van der Waals surface area (Å²) >= 11 is 0. The van der Waals surface area contributed by atoms with E-state index >= 15 is 0 Å². The smallest absolute Gasteiger partial charge is 0.397 e. The molecule has 0 rings (SSSR count). The molecule has 0 aliphatic heterocycles. The van der Waals surface area contributed by atoms with Crippen molar-refractivity contribution in [2.24, 2.45) is 0 Å². The second kappa shape index (κ2) is 9.37.